The summed E-state index contributed by atoms with van der Waals surface area (Å²) in [5.41, 5.74) is 1.56. The van der Waals surface area contributed by atoms with Gasteiger partial charge in [-0.15, -0.1) is 0 Å². The molecule has 112 valence electrons. The molecule has 5 heteroatoms. The van der Waals surface area contributed by atoms with E-state index in [-0.39, 0.29) is 0 Å². The molecule has 4 nitrogen and oxygen atoms in total. The molecule has 1 aromatic rings. The molecule has 0 spiro atoms. The van der Waals surface area contributed by atoms with Crippen molar-refractivity contribution in [1.82, 2.24) is 4.90 Å². The van der Waals surface area contributed by atoms with Crippen LogP contribution >= 0.6 is 11.6 Å². The molecule has 0 aliphatic carbocycles. The van der Waals surface area contributed by atoms with Gasteiger partial charge in [-0.1, -0.05) is 17.7 Å². The topological polar surface area (TPSA) is 39.5 Å². The molecule has 2 heterocycles. The SMILES string of the molecule is N#Cc1cccc(Cl)c1N1CCN(CC2CCOC2)CC1. The van der Waals surface area contributed by atoms with Gasteiger partial charge in [0.1, 0.15) is 6.07 Å². The lowest BCUT2D eigenvalue weighted by molar-refractivity contribution is 0.164. The van der Waals surface area contributed by atoms with E-state index in [1.807, 2.05) is 18.2 Å². The van der Waals surface area contributed by atoms with Gasteiger partial charge >= 0.3 is 0 Å². The maximum absolute atomic E-state index is 9.26. The third-order valence-corrected chi connectivity index (χ3v) is 4.64. The number of nitriles is 1. The molecule has 2 saturated heterocycles. The minimum atomic E-state index is 0.667. The van der Waals surface area contributed by atoms with Gasteiger partial charge in [0.05, 0.1) is 22.9 Å². The number of anilines is 1. The predicted molar refractivity (Wildman–Crippen MR) is 83.7 cm³/mol. The average molecular weight is 306 g/mol. The second-order valence-corrected chi connectivity index (χ2v) is 6.17. The van der Waals surface area contributed by atoms with E-state index in [4.69, 9.17) is 16.3 Å². The highest BCUT2D eigenvalue weighted by atomic mass is 35.5. The van der Waals surface area contributed by atoms with Gasteiger partial charge < -0.3 is 9.64 Å². The molecule has 1 atom stereocenters. The third kappa shape index (κ3) is 3.32. The fourth-order valence-electron chi connectivity index (χ4n) is 3.17. The summed E-state index contributed by atoms with van der Waals surface area (Å²) < 4.78 is 5.44. The molecule has 2 fully saturated rings. The van der Waals surface area contributed by atoms with Crippen molar-refractivity contribution in [3.63, 3.8) is 0 Å². The largest absolute Gasteiger partial charge is 0.381 e. The van der Waals surface area contributed by atoms with Crippen LogP contribution in [0.5, 0.6) is 0 Å². The van der Waals surface area contributed by atoms with Gasteiger partial charge in [-0.25, -0.2) is 0 Å². The Bertz CT molecular complexity index is 529. The van der Waals surface area contributed by atoms with Crippen molar-refractivity contribution in [3.05, 3.63) is 28.8 Å². The zero-order valence-corrected chi connectivity index (χ0v) is 12.9. The first-order valence-electron chi connectivity index (χ1n) is 7.51. The van der Waals surface area contributed by atoms with E-state index in [2.05, 4.69) is 15.9 Å². The lowest BCUT2D eigenvalue weighted by atomic mass is 10.1. The Hall–Kier alpha value is -1.28. The molecule has 0 radical (unpaired) electrons. The first-order valence-corrected chi connectivity index (χ1v) is 7.89. The first kappa shape index (κ1) is 14.6. The number of nitrogens with zero attached hydrogens (tertiary/aromatic N) is 3. The molecule has 0 N–H and O–H groups in total. The van der Waals surface area contributed by atoms with E-state index < -0.39 is 0 Å². The van der Waals surface area contributed by atoms with Gasteiger partial charge in [0.15, 0.2) is 0 Å². The lowest BCUT2D eigenvalue weighted by Gasteiger charge is -2.37. The molecule has 1 aromatic carbocycles. The van der Waals surface area contributed by atoms with Crippen molar-refractivity contribution in [3.8, 4) is 6.07 Å². The number of ether oxygens (including phenoxy) is 1. The van der Waals surface area contributed by atoms with Gasteiger partial charge in [-0.2, -0.15) is 5.26 Å². The van der Waals surface area contributed by atoms with Crippen molar-refractivity contribution in [2.45, 2.75) is 6.42 Å². The number of halogens is 1. The smallest absolute Gasteiger partial charge is 0.101 e. The fourth-order valence-corrected chi connectivity index (χ4v) is 3.47. The van der Waals surface area contributed by atoms with Crippen molar-refractivity contribution in [1.29, 1.82) is 5.26 Å². The number of benzene rings is 1. The Labute approximate surface area is 130 Å². The standard InChI is InChI=1S/C16H20ClN3O/c17-15-3-1-2-14(10-18)16(15)20-7-5-19(6-8-20)11-13-4-9-21-12-13/h1-3,13H,4-9,11-12H2. The highest BCUT2D eigenvalue weighted by Gasteiger charge is 2.24. The molecular formula is C16H20ClN3O. The second kappa shape index (κ2) is 6.65. The number of para-hydroxylation sites is 1. The number of hydrogen-bond donors (Lipinski definition) is 0. The maximum Gasteiger partial charge on any atom is 0.101 e. The quantitative estimate of drug-likeness (QED) is 0.859. The molecule has 0 bridgehead atoms. The van der Waals surface area contributed by atoms with Crippen molar-refractivity contribution in [2.75, 3.05) is 50.8 Å². The highest BCUT2D eigenvalue weighted by Crippen LogP contribution is 2.30. The zero-order valence-electron chi connectivity index (χ0n) is 12.1. The molecule has 1 unspecified atom stereocenters. The van der Waals surface area contributed by atoms with Crippen LogP contribution in [0.4, 0.5) is 5.69 Å². The van der Waals surface area contributed by atoms with Gasteiger partial charge in [-0.05, 0) is 24.5 Å². The average Bonchev–Trinajstić information content (AvgIpc) is 3.01. The van der Waals surface area contributed by atoms with Crippen LogP contribution < -0.4 is 4.90 Å². The molecule has 0 aromatic heterocycles. The molecule has 21 heavy (non-hydrogen) atoms. The Morgan fingerprint density at radius 1 is 1.29 bits per heavy atom. The normalized spacial score (nSPS) is 23.2. The van der Waals surface area contributed by atoms with Gasteiger partial charge in [0.2, 0.25) is 0 Å². The summed E-state index contributed by atoms with van der Waals surface area (Å²) in [6.07, 6.45) is 1.18. The van der Waals surface area contributed by atoms with E-state index >= 15 is 0 Å². The molecule has 0 amide bonds. The predicted octanol–water partition coefficient (Wildman–Crippen LogP) is 2.37. The minimum Gasteiger partial charge on any atom is -0.381 e. The first-order chi connectivity index (χ1) is 10.3. The summed E-state index contributed by atoms with van der Waals surface area (Å²) in [4.78, 5) is 4.74. The monoisotopic (exact) mass is 305 g/mol. The van der Waals surface area contributed by atoms with Gasteiger partial charge in [0.25, 0.3) is 0 Å². The fraction of sp³-hybridized carbons (Fsp3) is 0.562. The molecule has 2 aliphatic rings. The Kier molecular flexibility index (Phi) is 4.64. The Morgan fingerprint density at radius 3 is 2.76 bits per heavy atom. The van der Waals surface area contributed by atoms with Gasteiger partial charge in [0, 0.05) is 39.3 Å². The van der Waals surface area contributed by atoms with Crippen LogP contribution in [0.1, 0.15) is 12.0 Å². The Morgan fingerprint density at radius 2 is 2.10 bits per heavy atom. The van der Waals surface area contributed by atoms with Crippen molar-refractivity contribution < 1.29 is 4.74 Å². The molecule has 3 rings (SSSR count). The van der Waals surface area contributed by atoms with Crippen LogP contribution in [-0.2, 0) is 4.74 Å². The molecular weight excluding hydrogens is 286 g/mol. The number of hydrogen-bond acceptors (Lipinski definition) is 4. The summed E-state index contributed by atoms with van der Waals surface area (Å²) in [6, 6.07) is 7.78. The molecule has 2 aliphatic heterocycles. The van der Waals surface area contributed by atoms with Crippen LogP contribution in [0.2, 0.25) is 5.02 Å². The van der Waals surface area contributed by atoms with Crippen LogP contribution in [0.3, 0.4) is 0 Å². The minimum absolute atomic E-state index is 0.667. The van der Waals surface area contributed by atoms with Crippen LogP contribution in [0.15, 0.2) is 18.2 Å². The van der Waals surface area contributed by atoms with Crippen molar-refractivity contribution >= 4 is 17.3 Å². The van der Waals surface area contributed by atoms with Crippen LogP contribution in [-0.4, -0.2) is 50.8 Å². The van der Waals surface area contributed by atoms with Crippen molar-refractivity contribution in [2.24, 2.45) is 5.92 Å². The number of piperazine rings is 1. The van der Waals surface area contributed by atoms with E-state index in [1.54, 1.807) is 0 Å². The highest BCUT2D eigenvalue weighted by molar-refractivity contribution is 6.33. The van der Waals surface area contributed by atoms with E-state index in [0.29, 0.717) is 16.5 Å². The lowest BCUT2D eigenvalue weighted by Crippen LogP contribution is -2.48. The van der Waals surface area contributed by atoms with Crippen LogP contribution in [0.25, 0.3) is 0 Å². The summed E-state index contributed by atoms with van der Waals surface area (Å²) in [7, 11) is 0. The maximum atomic E-state index is 9.26. The summed E-state index contributed by atoms with van der Waals surface area (Å²) in [5.74, 6) is 0.687. The zero-order chi connectivity index (χ0) is 14.7. The number of rotatable bonds is 3. The summed E-state index contributed by atoms with van der Waals surface area (Å²) in [6.45, 7) is 6.83. The third-order valence-electron chi connectivity index (χ3n) is 4.34. The van der Waals surface area contributed by atoms with Gasteiger partial charge in [-0.3, -0.25) is 4.90 Å². The Balaban J connectivity index is 1.62. The van der Waals surface area contributed by atoms with E-state index in [0.717, 1.165) is 51.6 Å². The van der Waals surface area contributed by atoms with E-state index in [1.165, 1.54) is 6.42 Å². The summed E-state index contributed by atoms with van der Waals surface area (Å²) in [5, 5.41) is 9.93. The summed E-state index contributed by atoms with van der Waals surface area (Å²) >= 11 is 6.29. The van der Waals surface area contributed by atoms with Crippen LogP contribution in [0, 0.1) is 17.2 Å². The molecule has 0 saturated carbocycles. The van der Waals surface area contributed by atoms with E-state index in [9.17, 15) is 5.26 Å². The second-order valence-electron chi connectivity index (χ2n) is 5.77.